The van der Waals surface area contributed by atoms with Gasteiger partial charge in [0.2, 0.25) is 0 Å². The summed E-state index contributed by atoms with van der Waals surface area (Å²) in [6.45, 7) is 3.07. The van der Waals surface area contributed by atoms with E-state index in [1.807, 2.05) is 36.4 Å². The maximum Gasteiger partial charge on any atom is 0.351 e. The maximum absolute atomic E-state index is 12.7. The number of carbonyl (C=O) groups excluding carboxylic acids is 1. The number of esters is 1. The minimum atomic E-state index is -0.706. The fourth-order valence-corrected chi connectivity index (χ4v) is 3.22. The molecule has 2 aliphatic rings. The van der Waals surface area contributed by atoms with Crippen molar-refractivity contribution in [3.05, 3.63) is 65.6 Å². The van der Waals surface area contributed by atoms with Crippen LogP contribution in [0, 0.1) is 11.3 Å². The van der Waals surface area contributed by atoms with Crippen LogP contribution in [0.3, 0.4) is 0 Å². The maximum atomic E-state index is 12.7. The van der Waals surface area contributed by atoms with Crippen molar-refractivity contribution in [3.63, 3.8) is 0 Å². The van der Waals surface area contributed by atoms with E-state index in [9.17, 15) is 10.1 Å². The largest absolute Gasteiger partial charge is 0.455 e. The number of aliphatic imine (C=N–C) groups is 1. The van der Waals surface area contributed by atoms with E-state index in [0.717, 1.165) is 37.6 Å². The monoisotopic (exact) mass is 388 g/mol. The second-order valence-electron chi connectivity index (χ2n) is 6.57. The minimum Gasteiger partial charge on any atom is -0.455 e. The minimum absolute atomic E-state index is 0.00513. The molecule has 29 heavy (non-hydrogen) atoms. The molecule has 0 saturated carbocycles. The molecule has 2 aromatic rings. The van der Waals surface area contributed by atoms with Crippen molar-refractivity contribution in [1.82, 2.24) is 15.2 Å². The first-order valence-electron chi connectivity index (χ1n) is 9.38. The number of benzene rings is 1. The van der Waals surface area contributed by atoms with Crippen molar-refractivity contribution in [2.45, 2.75) is 6.61 Å². The third kappa shape index (κ3) is 4.10. The lowest BCUT2D eigenvalue weighted by Gasteiger charge is -2.34. The second kappa shape index (κ2) is 8.54. The van der Waals surface area contributed by atoms with Gasteiger partial charge in [-0.1, -0.05) is 18.2 Å². The van der Waals surface area contributed by atoms with Crippen LogP contribution in [0.25, 0.3) is 0 Å². The summed E-state index contributed by atoms with van der Waals surface area (Å²) in [5.74, 6) is -0.126. The highest BCUT2D eigenvalue weighted by Crippen LogP contribution is 2.32. The second-order valence-corrected chi connectivity index (χ2v) is 6.57. The zero-order valence-corrected chi connectivity index (χ0v) is 15.8. The Morgan fingerprint density at radius 1 is 1.17 bits per heavy atom. The number of para-hydroxylation sites is 2. The molecule has 1 saturated heterocycles. The molecular formula is C21H20N6O2. The molecule has 146 valence electrons. The molecule has 0 spiro atoms. The molecule has 0 atom stereocenters. The van der Waals surface area contributed by atoms with E-state index in [-0.39, 0.29) is 12.2 Å². The summed E-state index contributed by atoms with van der Waals surface area (Å²) in [4.78, 5) is 23.7. The smallest absolute Gasteiger partial charge is 0.351 e. The van der Waals surface area contributed by atoms with Gasteiger partial charge in [-0.05, 0) is 24.3 Å². The van der Waals surface area contributed by atoms with E-state index in [4.69, 9.17) is 9.73 Å². The van der Waals surface area contributed by atoms with Crippen LogP contribution in [-0.4, -0.2) is 47.9 Å². The van der Waals surface area contributed by atoms with Gasteiger partial charge in [0.25, 0.3) is 0 Å². The molecule has 1 aromatic heterocycles. The molecule has 0 unspecified atom stereocenters. The summed E-state index contributed by atoms with van der Waals surface area (Å²) >= 11 is 0. The number of pyridine rings is 1. The Morgan fingerprint density at radius 2 is 1.97 bits per heavy atom. The number of nitrogens with one attached hydrogen (secondary N) is 2. The Hall–Kier alpha value is -3.70. The number of rotatable bonds is 3. The summed E-state index contributed by atoms with van der Waals surface area (Å²) in [6.07, 6.45) is 1.63. The molecule has 0 bridgehead atoms. The topological polar surface area (TPSA) is 103 Å². The normalized spacial score (nSPS) is 17.3. The number of fused-ring (bicyclic) bond motifs is 1. The predicted molar refractivity (Wildman–Crippen MR) is 108 cm³/mol. The van der Waals surface area contributed by atoms with Gasteiger partial charge in [0.05, 0.1) is 17.1 Å². The van der Waals surface area contributed by atoms with Gasteiger partial charge in [-0.25, -0.2) is 9.79 Å². The number of ether oxygens (including phenoxy) is 1. The molecule has 1 aromatic carbocycles. The summed E-state index contributed by atoms with van der Waals surface area (Å²) in [6, 6.07) is 14.9. The number of nitriles is 1. The molecule has 8 nitrogen and oxygen atoms in total. The van der Waals surface area contributed by atoms with E-state index in [2.05, 4.69) is 20.5 Å². The molecule has 0 aliphatic carbocycles. The third-order valence-corrected chi connectivity index (χ3v) is 4.67. The van der Waals surface area contributed by atoms with Gasteiger partial charge in [0, 0.05) is 32.4 Å². The number of aromatic nitrogens is 1. The number of nitrogens with zero attached hydrogens (tertiary/aromatic N) is 4. The number of anilines is 1. The van der Waals surface area contributed by atoms with E-state index >= 15 is 0 Å². The Balaban J connectivity index is 1.67. The van der Waals surface area contributed by atoms with Crippen molar-refractivity contribution < 1.29 is 9.53 Å². The highest BCUT2D eigenvalue weighted by Gasteiger charge is 2.29. The van der Waals surface area contributed by atoms with E-state index < -0.39 is 5.97 Å². The highest BCUT2D eigenvalue weighted by atomic mass is 16.5. The van der Waals surface area contributed by atoms with Gasteiger partial charge in [0.15, 0.2) is 11.4 Å². The lowest BCUT2D eigenvalue weighted by atomic mass is 10.1. The van der Waals surface area contributed by atoms with Crippen LogP contribution in [0.4, 0.5) is 11.4 Å². The van der Waals surface area contributed by atoms with E-state index in [0.29, 0.717) is 17.2 Å². The SMILES string of the molecule is N#C/C(C(=O)OCc1ccccn1)=C1/Nc2ccccc2N=C1N1CCNCC1. The lowest BCUT2D eigenvalue weighted by Crippen LogP contribution is -2.48. The summed E-state index contributed by atoms with van der Waals surface area (Å²) in [5, 5.41) is 16.3. The van der Waals surface area contributed by atoms with Crippen LogP contribution in [0.5, 0.6) is 0 Å². The first kappa shape index (κ1) is 18.7. The zero-order chi connectivity index (χ0) is 20.1. The van der Waals surface area contributed by atoms with Gasteiger partial charge in [-0.2, -0.15) is 5.26 Å². The summed E-state index contributed by atoms with van der Waals surface area (Å²) in [5.41, 5.74) is 2.39. The van der Waals surface area contributed by atoms with Crippen LogP contribution in [0.2, 0.25) is 0 Å². The molecule has 0 radical (unpaired) electrons. The van der Waals surface area contributed by atoms with Crippen LogP contribution in [-0.2, 0) is 16.1 Å². The molecule has 2 N–H and O–H groups in total. The first-order valence-corrected chi connectivity index (χ1v) is 9.38. The number of hydrogen-bond acceptors (Lipinski definition) is 8. The van der Waals surface area contributed by atoms with Crippen LogP contribution in [0.15, 0.2) is 64.9 Å². The lowest BCUT2D eigenvalue weighted by molar-refractivity contribution is -0.139. The Morgan fingerprint density at radius 3 is 2.72 bits per heavy atom. The fourth-order valence-electron chi connectivity index (χ4n) is 3.22. The molecule has 1 fully saturated rings. The first-order chi connectivity index (χ1) is 14.3. The Bertz CT molecular complexity index is 1000. The third-order valence-electron chi connectivity index (χ3n) is 4.67. The van der Waals surface area contributed by atoms with E-state index in [1.165, 1.54) is 0 Å². The highest BCUT2D eigenvalue weighted by molar-refractivity contribution is 6.12. The fraction of sp³-hybridized carbons (Fsp3) is 0.238. The standard InChI is InChI=1S/C21H20N6O2/c22-13-16(21(28)29-14-15-5-3-4-8-24-15)19-20(27-11-9-23-10-12-27)26-18-7-2-1-6-17(18)25-19/h1-8,23,25H,9-12,14H2/b19-16-. The van der Waals surface area contributed by atoms with Crippen molar-refractivity contribution in [3.8, 4) is 6.07 Å². The van der Waals surface area contributed by atoms with Gasteiger partial charge < -0.3 is 20.3 Å². The van der Waals surface area contributed by atoms with Crippen LogP contribution >= 0.6 is 0 Å². The molecule has 0 amide bonds. The van der Waals surface area contributed by atoms with Gasteiger partial charge in [0.1, 0.15) is 18.4 Å². The summed E-state index contributed by atoms with van der Waals surface area (Å²) < 4.78 is 5.35. The molecule has 3 heterocycles. The van der Waals surface area contributed by atoms with Crippen molar-refractivity contribution >= 4 is 23.2 Å². The molecule has 4 rings (SSSR count). The van der Waals surface area contributed by atoms with Gasteiger partial charge >= 0.3 is 5.97 Å². The molecule has 2 aliphatic heterocycles. The average molecular weight is 388 g/mol. The Labute approximate surface area is 168 Å². The molecular weight excluding hydrogens is 368 g/mol. The van der Waals surface area contributed by atoms with E-state index in [1.54, 1.807) is 18.3 Å². The predicted octanol–water partition coefficient (Wildman–Crippen LogP) is 1.96. The van der Waals surface area contributed by atoms with Crippen LogP contribution < -0.4 is 10.6 Å². The van der Waals surface area contributed by atoms with Crippen molar-refractivity contribution in [2.75, 3.05) is 31.5 Å². The number of hydrogen-bond donors (Lipinski definition) is 2. The van der Waals surface area contributed by atoms with Gasteiger partial charge in [-0.15, -0.1) is 0 Å². The zero-order valence-electron chi connectivity index (χ0n) is 15.8. The van der Waals surface area contributed by atoms with Gasteiger partial charge in [-0.3, -0.25) is 4.98 Å². The van der Waals surface area contributed by atoms with Crippen LogP contribution in [0.1, 0.15) is 5.69 Å². The quantitative estimate of drug-likeness (QED) is 0.471. The number of piperazine rings is 1. The van der Waals surface area contributed by atoms with Crippen molar-refractivity contribution in [1.29, 1.82) is 5.26 Å². The molecule has 8 heteroatoms. The van der Waals surface area contributed by atoms with Crippen molar-refractivity contribution in [2.24, 2.45) is 4.99 Å². The number of carbonyl (C=O) groups is 1. The average Bonchev–Trinajstić information content (AvgIpc) is 2.79. The number of amidine groups is 1. The Kier molecular flexibility index (Phi) is 5.49. The summed E-state index contributed by atoms with van der Waals surface area (Å²) in [7, 11) is 0.